The second-order valence-corrected chi connectivity index (χ2v) is 9.04. The van der Waals surface area contributed by atoms with Crippen molar-refractivity contribution < 1.29 is 9.47 Å². The highest BCUT2D eigenvalue weighted by atomic mass is 79.9. The highest BCUT2D eigenvalue weighted by Gasteiger charge is 1.96. The lowest BCUT2D eigenvalue weighted by Gasteiger charge is -2.05. The Bertz CT molecular complexity index is 793. The van der Waals surface area contributed by atoms with Gasteiger partial charge >= 0.3 is 0 Å². The molecule has 4 heteroatoms. The molecule has 0 unspecified atom stereocenters. The summed E-state index contributed by atoms with van der Waals surface area (Å²) in [7, 11) is 0. The molecule has 2 rings (SSSR count). The third kappa shape index (κ3) is 12.2. The summed E-state index contributed by atoms with van der Waals surface area (Å²) in [5, 5.41) is 2.17. The molecular formula is C28H32Br2O2. The number of rotatable bonds is 14. The normalized spacial score (nSPS) is 9.94. The highest BCUT2D eigenvalue weighted by Crippen LogP contribution is 2.14. The number of ether oxygens (including phenoxy) is 2. The topological polar surface area (TPSA) is 18.5 Å². The number of hydrogen-bond acceptors (Lipinski definition) is 2. The van der Waals surface area contributed by atoms with Crippen LogP contribution in [-0.4, -0.2) is 23.9 Å². The summed E-state index contributed by atoms with van der Waals surface area (Å²) in [5.74, 6) is 13.8. The van der Waals surface area contributed by atoms with E-state index in [1.165, 1.54) is 38.5 Å². The maximum Gasteiger partial charge on any atom is 0.119 e. The molecule has 32 heavy (non-hydrogen) atoms. The fourth-order valence-electron chi connectivity index (χ4n) is 2.96. The van der Waals surface area contributed by atoms with Crippen molar-refractivity contribution in [3.05, 3.63) is 59.7 Å². The molecule has 0 saturated heterocycles. The van der Waals surface area contributed by atoms with Crippen molar-refractivity contribution in [1.82, 2.24) is 0 Å². The molecule has 2 aromatic carbocycles. The number of unbranched alkanes of at least 4 members (excludes halogenated alkanes) is 6. The second-order valence-electron chi connectivity index (χ2n) is 7.45. The van der Waals surface area contributed by atoms with Gasteiger partial charge in [0, 0.05) is 21.8 Å². The average molecular weight is 560 g/mol. The first-order valence-corrected chi connectivity index (χ1v) is 13.7. The third-order valence-corrected chi connectivity index (χ3v) is 5.90. The van der Waals surface area contributed by atoms with Crippen LogP contribution in [0.15, 0.2) is 48.5 Å². The molecular weight excluding hydrogens is 528 g/mol. The highest BCUT2D eigenvalue weighted by molar-refractivity contribution is 9.09. The van der Waals surface area contributed by atoms with Gasteiger partial charge in [-0.05, 0) is 86.1 Å². The van der Waals surface area contributed by atoms with Crippen LogP contribution < -0.4 is 9.47 Å². The van der Waals surface area contributed by atoms with Gasteiger partial charge in [0.2, 0.25) is 0 Å². The third-order valence-electron chi connectivity index (χ3n) is 4.78. The van der Waals surface area contributed by atoms with Crippen LogP contribution in [0, 0.1) is 23.7 Å². The Morgan fingerprint density at radius 3 is 1.25 bits per heavy atom. The Balaban J connectivity index is 1.70. The van der Waals surface area contributed by atoms with Crippen molar-refractivity contribution >= 4 is 31.9 Å². The van der Waals surface area contributed by atoms with Crippen molar-refractivity contribution in [2.24, 2.45) is 0 Å². The average Bonchev–Trinajstić information content (AvgIpc) is 2.83. The number of hydrogen-bond donors (Lipinski definition) is 0. The zero-order valence-corrected chi connectivity index (χ0v) is 21.8. The van der Waals surface area contributed by atoms with Gasteiger partial charge in [-0.25, -0.2) is 0 Å². The van der Waals surface area contributed by atoms with Crippen LogP contribution >= 0.6 is 31.9 Å². The predicted molar refractivity (Wildman–Crippen MR) is 142 cm³/mol. The lowest BCUT2D eigenvalue weighted by molar-refractivity contribution is 0.305. The summed E-state index contributed by atoms with van der Waals surface area (Å²) < 4.78 is 11.6. The minimum atomic E-state index is 0.764. The predicted octanol–water partition coefficient (Wildman–Crippen LogP) is 7.76. The Labute approximate surface area is 210 Å². The summed E-state index contributed by atoms with van der Waals surface area (Å²) >= 11 is 6.91. The molecule has 0 spiro atoms. The van der Waals surface area contributed by atoms with Gasteiger partial charge in [0.25, 0.3) is 0 Å². The Morgan fingerprint density at radius 2 is 0.875 bits per heavy atom. The van der Waals surface area contributed by atoms with Crippen LogP contribution in [0.1, 0.15) is 62.5 Å². The van der Waals surface area contributed by atoms with E-state index in [0.29, 0.717) is 0 Å². The Morgan fingerprint density at radius 1 is 0.500 bits per heavy atom. The molecule has 0 saturated carbocycles. The van der Waals surface area contributed by atoms with Crippen LogP contribution in [0.5, 0.6) is 11.5 Å². The first-order valence-electron chi connectivity index (χ1n) is 11.4. The molecule has 2 aromatic rings. The molecule has 0 N–H and O–H groups in total. The van der Waals surface area contributed by atoms with Crippen LogP contribution in [0.2, 0.25) is 0 Å². The monoisotopic (exact) mass is 558 g/mol. The van der Waals surface area contributed by atoms with Gasteiger partial charge in [0.05, 0.1) is 13.2 Å². The number of halogens is 2. The number of benzene rings is 2. The van der Waals surface area contributed by atoms with Crippen LogP contribution in [0.4, 0.5) is 0 Å². The molecule has 170 valence electrons. The maximum atomic E-state index is 5.78. The van der Waals surface area contributed by atoms with Crippen LogP contribution in [0.3, 0.4) is 0 Å². The minimum absolute atomic E-state index is 0.764. The molecule has 0 aliphatic heterocycles. The van der Waals surface area contributed by atoms with Crippen molar-refractivity contribution in [2.45, 2.75) is 51.4 Å². The van der Waals surface area contributed by atoms with E-state index >= 15 is 0 Å². The van der Waals surface area contributed by atoms with Crippen molar-refractivity contribution in [1.29, 1.82) is 0 Å². The summed E-state index contributed by atoms with van der Waals surface area (Å²) in [4.78, 5) is 0. The standard InChI is InChI=1S/C28H32Br2O2/c29-21-7-1-3-9-23-31-27-17-13-25(14-18-27)11-5-6-12-26-15-19-28(20-16-26)32-24-10-4-2-8-22-30/h13-20H,1-4,7-10,21-24H2. The minimum Gasteiger partial charge on any atom is -0.494 e. The summed E-state index contributed by atoms with van der Waals surface area (Å²) in [5.41, 5.74) is 1.87. The zero-order valence-electron chi connectivity index (χ0n) is 18.7. The van der Waals surface area contributed by atoms with Gasteiger partial charge in [-0.3, -0.25) is 0 Å². The van der Waals surface area contributed by atoms with Gasteiger partial charge in [-0.1, -0.05) is 69.4 Å². The molecule has 0 aromatic heterocycles. The van der Waals surface area contributed by atoms with Gasteiger partial charge in [-0.2, -0.15) is 0 Å². The molecule has 2 nitrogen and oxygen atoms in total. The van der Waals surface area contributed by atoms with E-state index in [2.05, 4.69) is 55.5 Å². The zero-order chi connectivity index (χ0) is 22.7. The largest absolute Gasteiger partial charge is 0.494 e. The molecule has 0 amide bonds. The summed E-state index contributed by atoms with van der Waals surface area (Å²) in [6.45, 7) is 1.53. The molecule has 0 heterocycles. The van der Waals surface area contributed by atoms with Crippen molar-refractivity contribution in [3.63, 3.8) is 0 Å². The van der Waals surface area contributed by atoms with Crippen molar-refractivity contribution in [3.8, 4) is 35.2 Å². The molecule has 0 aliphatic carbocycles. The van der Waals surface area contributed by atoms with Crippen LogP contribution in [-0.2, 0) is 0 Å². The van der Waals surface area contributed by atoms with Gasteiger partial charge < -0.3 is 9.47 Å². The molecule has 0 fully saturated rings. The van der Waals surface area contributed by atoms with E-state index < -0.39 is 0 Å². The van der Waals surface area contributed by atoms with Crippen molar-refractivity contribution in [2.75, 3.05) is 23.9 Å². The van der Waals surface area contributed by atoms with E-state index in [-0.39, 0.29) is 0 Å². The fourth-order valence-corrected chi connectivity index (χ4v) is 3.75. The number of alkyl halides is 2. The maximum absolute atomic E-state index is 5.78. The Hall–Kier alpha value is -1.88. The molecule has 0 atom stereocenters. The first kappa shape index (κ1) is 26.4. The lowest BCUT2D eigenvalue weighted by atomic mass is 10.2. The second kappa shape index (κ2) is 17.6. The quantitative estimate of drug-likeness (QED) is 0.134. The Kier molecular flexibility index (Phi) is 14.5. The van der Waals surface area contributed by atoms with Gasteiger partial charge in [0.15, 0.2) is 0 Å². The van der Waals surface area contributed by atoms with E-state index in [4.69, 9.17) is 9.47 Å². The molecule has 0 aliphatic rings. The molecule has 0 bridgehead atoms. The SMILES string of the molecule is BrCCCCCCOc1ccc(C#CC#Cc2ccc(OCCCCCCBr)cc2)cc1. The van der Waals surface area contributed by atoms with E-state index in [1.807, 2.05) is 48.5 Å². The summed E-state index contributed by atoms with van der Waals surface area (Å²) in [6.07, 6.45) is 9.56. The van der Waals surface area contributed by atoms with E-state index in [9.17, 15) is 0 Å². The van der Waals surface area contributed by atoms with E-state index in [0.717, 1.165) is 59.3 Å². The van der Waals surface area contributed by atoms with Gasteiger partial charge in [-0.15, -0.1) is 0 Å². The van der Waals surface area contributed by atoms with Gasteiger partial charge in [0.1, 0.15) is 11.5 Å². The smallest absolute Gasteiger partial charge is 0.119 e. The first-order chi connectivity index (χ1) is 15.8. The van der Waals surface area contributed by atoms with E-state index in [1.54, 1.807) is 0 Å². The fraction of sp³-hybridized carbons (Fsp3) is 0.429. The van der Waals surface area contributed by atoms with Crippen LogP contribution in [0.25, 0.3) is 0 Å². The lowest BCUT2D eigenvalue weighted by Crippen LogP contribution is -1.97. The molecule has 0 radical (unpaired) electrons. The summed E-state index contributed by atoms with van der Waals surface area (Å²) in [6, 6.07) is 15.8.